The van der Waals surface area contributed by atoms with Crippen molar-refractivity contribution in [3.05, 3.63) is 29.8 Å². The van der Waals surface area contributed by atoms with E-state index in [4.69, 9.17) is 9.84 Å². The number of carbonyl (C=O) groups excluding carboxylic acids is 1. The molecule has 1 saturated heterocycles. The van der Waals surface area contributed by atoms with Crippen LogP contribution in [0.15, 0.2) is 24.3 Å². The van der Waals surface area contributed by atoms with Gasteiger partial charge in [-0.2, -0.15) is 0 Å². The van der Waals surface area contributed by atoms with E-state index in [1.54, 1.807) is 0 Å². The molecule has 0 spiro atoms. The molecule has 25 heavy (non-hydrogen) atoms. The summed E-state index contributed by atoms with van der Waals surface area (Å²) in [5, 5.41) is 11.3. The van der Waals surface area contributed by atoms with Gasteiger partial charge in [0.05, 0.1) is 6.42 Å². The fourth-order valence-corrected chi connectivity index (χ4v) is 2.92. The summed E-state index contributed by atoms with van der Waals surface area (Å²) in [6.07, 6.45) is 4.50. The number of amides is 1. The molecule has 0 saturated carbocycles. The van der Waals surface area contributed by atoms with Crippen LogP contribution in [0.5, 0.6) is 5.75 Å². The van der Waals surface area contributed by atoms with Crippen LogP contribution in [-0.4, -0.2) is 54.7 Å². The smallest absolute Gasteiger partial charge is 0.303 e. The molecule has 1 amide bonds. The van der Waals surface area contributed by atoms with E-state index in [1.807, 2.05) is 24.3 Å². The van der Waals surface area contributed by atoms with Gasteiger partial charge >= 0.3 is 5.97 Å². The quantitative estimate of drug-likeness (QED) is 0.677. The van der Waals surface area contributed by atoms with Crippen LogP contribution in [0.25, 0.3) is 0 Å². The number of benzene rings is 1. The summed E-state index contributed by atoms with van der Waals surface area (Å²) in [5.41, 5.74) is 1.09. The van der Waals surface area contributed by atoms with Crippen molar-refractivity contribution in [3.63, 3.8) is 0 Å². The van der Waals surface area contributed by atoms with Gasteiger partial charge in [-0.3, -0.25) is 14.5 Å². The molecule has 1 aromatic rings. The van der Waals surface area contributed by atoms with Crippen LogP contribution in [0.4, 0.5) is 0 Å². The maximum absolute atomic E-state index is 11.5. The molecule has 0 aliphatic carbocycles. The number of rotatable bonds is 10. The number of carboxylic acid groups (broad SMARTS) is 1. The Kier molecular flexibility index (Phi) is 8.25. The maximum atomic E-state index is 11.5. The van der Waals surface area contributed by atoms with Crippen LogP contribution in [0.2, 0.25) is 0 Å². The van der Waals surface area contributed by atoms with Gasteiger partial charge in [-0.25, -0.2) is 0 Å². The minimum absolute atomic E-state index is 0.0228. The normalized spacial score (nSPS) is 14.9. The molecule has 2 rings (SSSR count). The van der Waals surface area contributed by atoms with Crippen molar-refractivity contribution in [2.45, 2.75) is 38.5 Å². The fraction of sp³-hybridized carbons (Fsp3) is 0.579. The Morgan fingerprint density at radius 2 is 1.96 bits per heavy atom. The van der Waals surface area contributed by atoms with Crippen molar-refractivity contribution >= 4 is 11.9 Å². The average Bonchev–Trinajstić information content (AvgIpc) is 2.61. The Morgan fingerprint density at radius 3 is 2.72 bits per heavy atom. The topological polar surface area (TPSA) is 78.9 Å². The predicted molar refractivity (Wildman–Crippen MR) is 95.8 cm³/mol. The van der Waals surface area contributed by atoms with Gasteiger partial charge in [0, 0.05) is 19.5 Å². The van der Waals surface area contributed by atoms with E-state index in [9.17, 15) is 9.59 Å². The molecule has 1 aliphatic rings. The Morgan fingerprint density at radius 1 is 1.16 bits per heavy atom. The first-order valence-corrected chi connectivity index (χ1v) is 9.06. The SMILES string of the molecule is O=C(O)CCC(=O)NCCc1cccc(OCCN2CCCCC2)c1. The third kappa shape index (κ3) is 8.03. The van der Waals surface area contributed by atoms with Crippen molar-refractivity contribution in [1.82, 2.24) is 10.2 Å². The van der Waals surface area contributed by atoms with Crippen molar-refractivity contribution < 1.29 is 19.4 Å². The molecule has 1 heterocycles. The van der Waals surface area contributed by atoms with Gasteiger partial charge in [-0.15, -0.1) is 0 Å². The Hall–Kier alpha value is -2.08. The van der Waals surface area contributed by atoms with E-state index < -0.39 is 5.97 Å². The molecule has 1 fully saturated rings. The number of piperidine rings is 1. The number of carbonyl (C=O) groups is 2. The lowest BCUT2D eigenvalue weighted by Gasteiger charge is -2.26. The zero-order valence-electron chi connectivity index (χ0n) is 14.7. The molecule has 2 N–H and O–H groups in total. The standard InChI is InChI=1S/C19H28N2O4/c22-18(7-8-19(23)24)20-10-9-16-5-4-6-17(15-16)25-14-13-21-11-2-1-3-12-21/h4-6,15H,1-3,7-14H2,(H,20,22)(H,23,24). The monoisotopic (exact) mass is 348 g/mol. The van der Waals surface area contributed by atoms with Gasteiger partial charge in [-0.1, -0.05) is 18.6 Å². The first-order valence-electron chi connectivity index (χ1n) is 9.06. The fourth-order valence-electron chi connectivity index (χ4n) is 2.92. The number of ether oxygens (including phenoxy) is 1. The molecule has 138 valence electrons. The van der Waals surface area contributed by atoms with E-state index in [2.05, 4.69) is 10.2 Å². The lowest BCUT2D eigenvalue weighted by molar-refractivity contribution is -0.138. The van der Waals surface area contributed by atoms with Crippen LogP contribution in [0, 0.1) is 0 Å². The molecular weight excluding hydrogens is 320 g/mol. The van der Waals surface area contributed by atoms with E-state index in [0.29, 0.717) is 19.6 Å². The molecule has 6 nitrogen and oxygen atoms in total. The van der Waals surface area contributed by atoms with E-state index in [0.717, 1.165) is 17.9 Å². The summed E-state index contributed by atoms with van der Waals surface area (Å²) < 4.78 is 5.85. The number of nitrogens with zero attached hydrogens (tertiary/aromatic N) is 1. The maximum Gasteiger partial charge on any atom is 0.303 e. The highest BCUT2D eigenvalue weighted by Gasteiger charge is 2.09. The molecule has 1 aliphatic heterocycles. The molecule has 0 bridgehead atoms. The van der Waals surface area contributed by atoms with Crippen molar-refractivity contribution in [2.24, 2.45) is 0 Å². The molecule has 1 aromatic carbocycles. The van der Waals surface area contributed by atoms with Gasteiger partial charge in [0.25, 0.3) is 0 Å². The molecular formula is C19H28N2O4. The second-order valence-corrected chi connectivity index (χ2v) is 6.39. The van der Waals surface area contributed by atoms with Gasteiger partial charge in [0.2, 0.25) is 5.91 Å². The van der Waals surface area contributed by atoms with Crippen molar-refractivity contribution in [2.75, 3.05) is 32.8 Å². The van der Waals surface area contributed by atoms with E-state index in [1.165, 1.54) is 32.4 Å². The minimum Gasteiger partial charge on any atom is -0.492 e. The van der Waals surface area contributed by atoms with E-state index in [-0.39, 0.29) is 18.7 Å². The highest BCUT2D eigenvalue weighted by atomic mass is 16.5. The van der Waals surface area contributed by atoms with Crippen LogP contribution in [-0.2, 0) is 16.0 Å². The molecule has 0 atom stereocenters. The summed E-state index contributed by atoms with van der Waals surface area (Å²) in [6.45, 7) is 4.49. The zero-order chi connectivity index (χ0) is 17.9. The molecule has 0 radical (unpaired) electrons. The highest BCUT2D eigenvalue weighted by molar-refractivity contribution is 5.80. The Labute approximate surface area is 149 Å². The number of hydrogen-bond acceptors (Lipinski definition) is 4. The predicted octanol–water partition coefficient (Wildman–Crippen LogP) is 2.07. The third-order valence-corrected chi connectivity index (χ3v) is 4.33. The molecule has 0 aromatic heterocycles. The highest BCUT2D eigenvalue weighted by Crippen LogP contribution is 2.14. The number of likely N-dealkylation sites (tertiary alicyclic amines) is 1. The van der Waals surface area contributed by atoms with Crippen LogP contribution in [0.3, 0.4) is 0 Å². The third-order valence-electron chi connectivity index (χ3n) is 4.33. The zero-order valence-corrected chi connectivity index (χ0v) is 14.7. The average molecular weight is 348 g/mol. The second-order valence-electron chi connectivity index (χ2n) is 6.39. The summed E-state index contributed by atoms with van der Waals surface area (Å²) in [4.78, 5) is 24.4. The number of nitrogens with one attached hydrogen (secondary N) is 1. The lowest BCUT2D eigenvalue weighted by atomic mass is 10.1. The van der Waals surface area contributed by atoms with Crippen molar-refractivity contribution in [3.8, 4) is 5.75 Å². The largest absolute Gasteiger partial charge is 0.492 e. The van der Waals surface area contributed by atoms with Gasteiger partial charge in [-0.05, 0) is 50.0 Å². The molecule has 6 heteroatoms. The minimum atomic E-state index is -0.954. The first-order chi connectivity index (χ1) is 12.1. The Balaban J connectivity index is 1.65. The summed E-state index contributed by atoms with van der Waals surface area (Å²) >= 11 is 0. The summed E-state index contributed by atoms with van der Waals surface area (Å²) in [7, 11) is 0. The van der Waals surface area contributed by atoms with Crippen LogP contribution in [0.1, 0.15) is 37.7 Å². The second kappa shape index (κ2) is 10.7. The number of hydrogen-bond donors (Lipinski definition) is 2. The Bertz CT molecular complexity index is 556. The van der Waals surface area contributed by atoms with Crippen LogP contribution >= 0.6 is 0 Å². The number of carboxylic acids is 1. The summed E-state index contributed by atoms with van der Waals surface area (Å²) in [6, 6.07) is 7.91. The van der Waals surface area contributed by atoms with Crippen LogP contribution < -0.4 is 10.1 Å². The number of aliphatic carboxylic acids is 1. The van der Waals surface area contributed by atoms with Crippen molar-refractivity contribution in [1.29, 1.82) is 0 Å². The van der Waals surface area contributed by atoms with Gasteiger partial charge in [0.15, 0.2) is 0 Å². The summed E-state index contributed by atoms with van der Waals surface area (Å²) in [5.74, 6) is -0.326. The van der Waals surface area contributed by atoms with Gasteiger partial charge in [0.1, 0.15) is 12.4 Å². The van der Waals surface area contributed by atoms with Gasteiger partial charge < -0.3 is 15.2 Å². The first kappa shape index (κ1) is 19.2. The lowest BCUT2D eigenvalue weighted by Crippen LogP contribution is -2.33. The molecule has 0 unspecified atom stereocenters. The van der Waals surface area contributed by atoms with E-state index >= 15 is 0 Å².